The van der Waals surface area contributed by atoms with Gasteiger partial charge in [-0.25, -0.2) is 0 Å². The zero-order chi connectivity index (χ0) is 19.7. The third kappa shape index (κ3) is 3.72. The highest BCUT2D eigenvalue weighted by Gasteiger charge is 2.30. The molecular weight excluding hydrogens is 356 g/mol. The molecule has 3 heterocycles. The molecule has 0 atom stereocenters. The second-order valence-electron chi connectivity index (χ2n) is 8.27. The Morgan fingerprint density at radius 1 is 0.893 bits per heavy atom. The Labute approximate surface area is 166 Å². The summed E-state index contributed by atoms with van der Waals surface area (Å²) in [6.45, 7) is 6.74. The lowest BCUT2D eigenvalue weighted by atomic mass is 9.93. The first-order valence-corrected chi connectivity index (χ1v) is 10.6. The van der Waals surface area contributed by atoms with Crippen molar-refractivity contribution in [3.63, 3.8) is 0 Å². The third-order valence-corrected chi connectivity index (χ3v) is 6.38. The standard InChI is InChI=1S/C21H30N4O3/c1-15-19-16(6-5-7-17(19)26)22-20(15)21(28)25-12-10-23(11-13-25)14-18(27)24-8-3-2-4-9-24/h22H,2-14H2,1H3. The summed E-state index contributed by atoms with van der Waals surface area (Å²) in [6.07, 6.45) is 5.69. The van der Waals surface area contributed by atoms with Gasteiger partial charge in [0.05, 0.1) is 6.54 Å². The van der Waals surface area contributed by atoms with Gasteiger partial charge in [-0.05, 0) is 44.6 Å². The number of Topliss-reactive ketones (excluding diaryl/α,β-unsaturated/α-hetero) is 1. The average molecular weight is 386 g/mol. The van der Waals surface area contributed by atoms with E-state index in [9.17, 15) is 14.4 Å². The zero-order valence-electron chi connectivity index (χ0n) is 16.8. The van der Waals surface area contributed by atoms with Gasteiger partial charge in [-0.2, -0.15) is 0 Å². The second kappa shape index (κ2) is 8.07. The first-order chi connectivity index (χ1) is 13.5. The number of carbonyl (C=O) groups excluding carboxylic acids is 3. The van der Waals surface area contributed by atoms with Crippen molar-refractivity contribution in [1.29, 1.82) is 0 Å². The number of aryl methyl sites for hydroxylation is 1. The molecule has 7 heteroatoms. The Kier molecular flexibility index (Phi) is 5.53. The van der Waals surface area contributed by atoms with Crippen molar-refractivity contribution in [3.05, 3.63) is 22.5 Å². The number of aromatic nitrogens is 1. The summed E-state index contributed by atoms with van der Waals surface area (Å²) in [7, 11) is 0. The van der Waals surface area contributed by atoms with Gasteiger partial charge >= 0.3 is 0 Å². The second-order valence-corrected chi connectivity index (χ2v) is 8.27. The normalized spacial score (nSPS) is 21.0. The predicted molar refractivity (Wildman–Crippen MR) is 106 cm³/mol. The fourth-order valence-electron chi connectivity index (χ4n) is 4.69. The van der Waals surface area contributed by atoms with Crippen molar-refractivity contribution < 1.29 is 14.4 Å². The number of nitrogens with zero attached hydrogens (tertiary/aromatic N) is 3. The molecule has 2 saturated heterocycles. The highest BCUT2D eigenvalue weighted by molar-refractivity contribution is 6.04. The number of rotatable bonds is 3. The molecule has 0 radical (unpaired) electrons. The summed E-state index contributed by atoms with van der Waals surface area (Å²) in [5, 5.41) is 0. The van der Waals surface area contributed by atoms with Crippen LogP contribution in [-0.4, -0.2) is 83.1 Å². The van der Waals surface area contributed by atoms with Crippen LogP contribution in [0.4, 0.5) is 0 Å². The minimum absolute atomic E-state index is 0.0262. The van der Waals surface area contributed by atoms with Gasteiger partial charge in [-0.15, -0.1) is 0 Å². The maximum absolute atomic E-state index is 13.0. The molecule has 0 unspecified atom stereocenters. The van der Waals surface area contributed by atoms with Crippen molar-refractivity contribution in [1.82, 2.24) is 19.7 Å². The largest absolute Gasteiger partial charge is 0.354 e. The number of piperazine rings is 1. The van der Waals surface area contributed by atoms with Crippen molar-refractivity contribution in [2.45, 2.75) is 45.4 Å². The molecule has 152 valence electrons. The van der Waals surface area contributed by atoms with E-state index in [-0.39, 0.29) is 17.6 Å². The quantitative estimate of drug-likeness (QED) is 0.856. The monoisotopic (exact) mass is 386 g/mol. The summed E-state index contributed by atoms with van der Waals surface area (Å²) in [6, 6.07) is 0. The van der Waals surface area contributed by atoms with Gasteiger partial charge in [0, 0.05) is 56.9 Å². The number of amides is 2. The van der Waals surface area contributed by atoms with Crippen molar-refractivity contribution >= 4 is 17.6 Å². The van der Waals surface area contributed by atoms with Crippen LogP contribution in [0.2, 0.25) is 0 Å². The van der Waals surface area contributed by atoms with Crippen LogP contribution in [0.3, 0.4) is 0 Å². The number of carbonyl (C=O) groups is 3. The van der Waals surface area contributed by atoms with Gasteiger partial charge in [0.1, 0.15) is 5.69 Å². The van der Waals surface area contributed by atoms with Crippen molar-refractivity contribution in [3.8, 4) is 0 Å². The lowest BCUT2D eigenvalue weighted by molar-refractivity contribution is -0.133. The van der Waals surface area contributed by atoms with E-state index in [1.165, 1.54) is 6.42 Å². The summed E-state index contributed by atoms with van der Waals surface area (Å²) in [4.78, 5) is 46.9. The molecule has 1 N–H and O–H groups in total. The molecule has 0 saturated carbocycles. The van der Waals surface area contributed by atoms with Crippen LogP contribution < -0.4 is 0 Å². The van der Waals surface area contributed by atoms with E-state index in [2.05, 4.69) is 9.88 Å². The number of H-pyrrole nitrogens is 1. The first-order valence-electron chi connectivity index (χ1n) is 10.6. The molecule has 2 aliphatic heterocycles. The van der Waals surface area contributed by atoms with Gasteiger partial charge < -0.3 is 14.8 Å². The maximum Gasteiger partial charge on any atom is 0.270 e. The molecule has 3 aliphatic rings. The molecule has 28 heavy (non-hydrogen) atoms. The van der Waals surface area contributed by atoms with Crippen LogP contribution >= 0.6 is 0 Å². The number of fused-ring (bicyclic) bond motifs is 1. The minimum Gasteiger partial charge on any atom is -0.354 e. The Bertz CT molecular complexity index is 771. The summed E-state index contributed by atoms with van der Waals surface area (Å²) in [5.41, 5.74) is 3.02. The smallest absolute Gasteiger partial charge is 0.270 e. The molecule has 0 spiro atoms. The van der Waals surface area contributed by atoms with E-state index in [1.807, 2.05) is 16.7 Å². The number of likely N-dealkylation sites (tertiary alicyclic amines) is 1. The number of ketones is 1. The summed E-state index contributed by atoms with van der Waals surface area (Å²) in [5.74, 6) is 0.336. The lowest BCUT2D eigenvalue weighted by Gasteiger charge is -2.36. The van der Waals surface area contributed by atoms with Gasteiger partial charge in [-0.1, -0.05) is 0 Å². The van der Waals surface area contributed by atoms with E-state index in [0.29, 0.717) is 44.8 Å². The molecule has 0 bridgehead atoms. The number of nitrogens with one attached hydrogen (secondary N) is 1. The maximum atomic E-state index is 13.0. The average Bonchev–Trinajstić information content (AvgIpc) is 3.06. The van der Waals surface area contributed by atoms with E-state index < -0.39 is 0 Å². The number of hydrogen-bond acceptors (Lipinski definition) is 4. The van der Waals surface area contributed by atoms with Crippen LogP contribution in [0.15, 0.2) is 0 Å². The van der Waals surface area contributed by atoms with E-state index in [0.717, 1.165) is 55.6 Å². The van der Waals surface area contributed by atoms with Crippen molar-refractivity contribution in [2.24, 2.45) is 0 Å². The van der Waals surface area contributed by atoms with Crippen LogP contribution in [0.1, 0.15) is 64.2 Å². The number of aromatic amines is 1. The number of hydrogen-bond donors (Lipinski definition) is 1. The Hall–Kier alpha value is -2.15. The Morgan fingerprint density at radius 3 is 2.29 bits per heavy atom. The molecule has 1 aliphatic carbocycles. The molecule has 2 fully saturated rings. The number of piperidine rings is 1. The fraction of sp³-hybridized carbons (Fsp3) is 0.667. The Morgan fingerprint density at radius 2 is 1.61 bits per heavy atom. The highest BCUT2D eigenvalue weighted by atomic mass is 16.2. The van der Waals surface area contributed by atoms with Crippen LogP contribution in [0.5, 0.6) is 0 Å². The van der Waals surface area contributed by atoms with Gasteiger partial charge in [0.15, 0.2) is 5.78 Å². The molecular formula is C21H30N4O3. The molecule has 2 amide bonds. The molecule has 7 nitrogen and oxygen atoms in total. The lowest BCUT2D eigenvalue weighted by Crippen LogP contribution is -2.52. The molecule has 1 aromatic rings. The molecule has 0 aromatic carbocycles. The molecule has 1 aromatic heterocycles. The highest BCUT2D eigenvalue weighted by Crippen LogP contribution is 2.27. The fourth-order valence-corrected chi connectivity index (χ4v) is 4.69. The minimum atomic E-state index is -0.0262. The van der Waals surface area contributed by atoms with Gasteiger partial charge in [0.2, 0.25) is 5.91 Å². The summed E-state index contributed by atoms with van der Waals surface area (Å²) >= 11 is 0. The first kappa shape index (κ1) is 19.2. The van der Waals surface area contributed by atoms with E-state index >= 15 is 0 Å². The van der Waals surface area contributed by atoms with Crippen LogP contribution in [0, 0.1) is 6.92 Å². The topological polar surface area (TPSA) is 76.7 Å². The predicted octanol–water partition coefficient (Wildman–Crippen LogP) is 1.61. The zero-order valence-corrected chi connectivity index (χ0v) is 16.8. The van der Waals surface area contributed by atoms with Gasteiger partial charge in [-0.3, -0.25) is 19.3 Å². The molecule has 4 rings (SSSR count). The third-order valence-electron chi connectivity index (χ3n) is 6.38. The van der Waals surface area contributed by atoms with Crippen LogP contribution in [-0.2, 0) is 11.2 Å². The van der Waals surface area contributed by atoms with E-state index in [4.69, 9.17) is 0 Å². The van der Waals surface area contributed by atoms with Crippen molar-refractivity contribution in [2.75, 3.05) is 45.8 Å². The van der Waals surface area contributed by atoms with Gasteiger partial charge in [0.25, 0.3) is 5.91 Å². The summed E-state index contributed by atoms with van der Waals surface area (Å²) < 4.78 is 0. The SMILES string of the molecule is Cc1c(C(=O)N2CCN(CC(=O)N3CCCCC3)CC2)[nH]c2c1C(=O)CCC2. The Balaban J connectivity index is 1.34. The van der Waals surface area contributed by atoms with E-state index in [1.54, 1.807) is 0 Å². The van der Waals surface area contributed by atoms with Crippen LogP contribution in [0.25, 0.3) is 0 Å².